The Hall–Kier alpha value is -1.48. The molecule has 0 aliphatic rings. The summed E-state index contributed by atoms with van der Waals surface area (Å²) >= 11 is 0. The number of rotatable bonds is 6. The van der Waals surface area contributed by atoms with Gasteiger partial charge < -0.3 is 10.1 Å². The Bertz CT molecular complexity index is 481. The molecule has 0 saturated carbocycles. The molecule has 0 aliphatic carbocycles. The number of ether oxygens (including phenoxy) is 1. The highest BCUT2D eigenvalue weighted by atomic mass is 33.1. The predicted molar refractivity (Wildman–Crippen MR) is 90.2 cm³/mol. The fourth-order valence-corrected chi connectivity index (χ4v) is 3.03. The molecule has 0 aromatic carbocycles. The van der Waals surface area contributed by atoms with Gasteiger partial charge in [0, 0.05) is 13.1 Å². The highest BCUT2D eigenvalue weighted by Crippen LogP contribution is 2.40. The van der Waals surface area contributed by atoms with Crippen molar-refractivity contribution >= 4 is 33.4 Å². The van der Waals surface area contributed by atoms with Gasteiger partial charge in [-0.1, -0.05) is 24.6 Å². The van der Waals surface area contributed by atoms with E-state index < -0.39 is 11.0 Å². The van der Waals surface area contributed by atoms with Gasteiger partial charge in [0.15, 0.2) is 0 Å². The summed E-state index contributed by atoms with van der Waals surface area (Å²) in [5.41, 5.74) is -0.0402. The first-order chi connectivity index (χ1) is 10.3. The van der Waals surface area contributed by atoms with Gasteiger partial charge in [0.2, 0.25) is 0 Å². The van der Waals surface area contributed by atoms with Crippen LogP contribution < -0.4 is 5.32 Å². The maximum atomic E-state index is 11.0. The first kappa shape index (κ1) is 20.5. The quantitative estimate of drug-likeness (QED) is 0.474. The van der Waals surface area contributed by atoms with E-state index in [1.807, 2.05) is 27.7 Å². The number of carbonyl (C=O) groups excluding carboxylic acids is 1. The van der Waals surface area contributed by atoms with Crippen LogP contribution in [0.5, 0.6) is 0 Å². The third kappa shape index (κ3) is 8.08. The van der Waals surface area contributed by atoms with E-state index >= 15 is 0 Å². The van der Waals surface area contributed by atoms with Crippen LogP contribution in [0.25, 0.3) is 0 Å². The summed E-state index contributed by atoms with van der Waals surface area (Å²) < 4.78 is 4.70. The first-order valence-electron chi connectivity index (χ1n) is 6.65. The highest BCUT2D eigenvalue weighted by molar-refractivity contribution is 8.77. The molecule has 0 unspecified atom stereocenters. The highest BCUT2D eigenvalue weighted by Gasteiger charge is 2.22. The van der Waals surface area contributed by atoms with Crippen LogP contribution in [0, 0.1) is 10.1 Å². The molecule has 0 aliphatic heterocycles. The molecule has 0 fully saturated rings. The molecule has 0 saturated heterocycles. The second kappa shape index (κ2) is 10.3. The lowest BCUT2D eigenvalue weighted by molar-refractivity contribution is -0.385. The largest absolute Gasteiger partial charge is 0.448 e. The minimum Gasteiger partial charge on any atom is -0.448 e. The third-order valence-electron chi connectivity index (χ3n) is 2.04. The molecule has 1 N–H and O–H groups in total. The van der Waals surface area contributed by atoms with Gasteiger partial charge in [-0.2, -0.15) is 0 Å². The number of hydrogen-bond donors (Lipinski definition) is 1. The van der Waals surface area contributed by atoms with Crippen molar-refractivity contribution in [1.82, 2.24) is 10.3 Å². The molecule has 7 nitrogen and oxygen atoms in total. The molecule has 1 aromatic heterocycles. The van der Waals surface area contributed by atoms with Crippen LogP contribution in [0.15, 0.2) is 23.4 Å². The summed E-state index contributed by atoms with van der Waals surface area (Å²) in [6.45, 7) is 8.11. The van der Waals surface area contributed by atoms with Crippen molar-refractivity contribution in [2.75, 3.05) is 13.7 Å². The maximum absolute atomic E-state index is 11.0. The van der Waals surface area contributed by atoms with Gasteiger partial charge >= 0.3 is 6.09 Å². The van der Waals surface area contributed by atoms with Crippen LogP contribution in [0.3, 0.4) is 0 Å². The van der Waals surface area contributed by atoms with Crippen LogP contribution in [-0.2, 0) is 4.74 Å². The van der Waals surface area contributed by atoms with Gasteiger partial charge in [-0.3, -0.25) is 10.1 Å². The molecule has 124 valence electrons. The third-order valence-corrected chi connectivity index (χ3v) is 5.22. The van der Waals surface area contributed by atoms with Gasteiger partial charge in [-0.15, -0.1) is 0 Å². The predicted octanol–water partition coefficient (Wildman–Crippen LogP) is 3.89. The number of nitrogens with zero attached hydrogens (tertiary/aromatic N) is 2. The van der Waals surface area contributed by atoms with E-state index in [2.05, 4.69) is 10.3 Å². The fraction of sp³-hybridized carbons (Fsp3) is 0.538. The van der Waals surface area contributed by atoms with Crippen molar-refractivity contribution in [3.05, 3.63) is 28.4 Å². The number of pyridine rings is 1. The molecule has 0 radical (unpaired) electrons. The zero-order chi connectivity index (χ0) is 17.2. The SMILES string of the molecule is CC.CNC(=O)OCC(C)(C)SSc1ccc([N+](=O)[O-])cn1. The molecule has 0 spiro atoms. The summed E-state index contributed by atoms with van der Waals surface area (Å²) in [5, 5.41) is 13.5. The van der Waals surface area contributed by atoms with E-state index in [1.165, 1.54) is 40.9 Å². The lowest BCUT2D eigenvalue weighted by Gasteiger charge is -2.22. The van der Waals surface area contributed by atoms with Crippen LogP contribution in [-0.4, -0.2) is 34.4 Å². The van der Waals surface area contributed by atoms with Crippen LogP contribution >= 0.6 is 21.6 Å². The summed E-state index contributed by atoms with van der Waals surface area (Å²) in [7, 11) is 4.35. The minimum atomic E-state index is -0.490. The molecular formula is C13H21N3O4S2. The van der Waals surface area contributed by atoms with Crippen molar-refractivity contribution in [3.63, 3.8) is 0 Å². The number of carbonyl (C=O) groups is 1. The van der Waals surface area contributed by atoms with Crippen LogP contribution in [0.1, 0.15) is 27.7 Å². The van der Waals surface area contributed by atoms with Crippen molar-refractivity contribution in [2.24, 2.45) is 0 Å². The second-order valence-corrected chi connectivity index (χ2v) is 7.22. The number of nitro groups is 1. The van der Waals surface area contributed by atoms with Gasteiger partial charge in [0.1, 0.15) is 17.8 Å². The van der Waals surface area contributed by atoms with E-state index in [-0.39, 0.29) is 17.0 Å². The molecule has 0 atom stereocenters. The lowest BCUT2D eigenvalue weighted by atomic mass is 10.2. The van der Waals surface area contributed by atoms with E-state index in [9.17, 15) is 14.9 Å². The number of hydrogen-bond acceptors (Lipinski definition) is 7. The zero-order valence-electron chi connectivity index (χ0n) is 13.3. The first-order valence-corrected chi connectivity index (χ1v) is 8.80. The second-order valence-electron chi connectivity index (χ2n) is 4.36. The number of nitrogens with one attached hydrogen (secondary N) is 1. The molecular weight excluding hydrogens is 326 g/mol. The Morgan fingerprint density at radius 2 is 2.09 bits per heavy atom. The van der Waals surface area contributed by atoms with Gasteiger partial charge in [0.25, 0.3) is 5.69 Å². The average Bonchev–Trinajstić information content (AvgIpc) is 2.53. The van der Waals surface area contributed by atoms with Crippen molar-refractivity contribution in [3.8, 4) is 0 Å². The maximum Gasteiger partial charge on any atom is 0.406 e. The minimum absolute atomic E-state index is 0.0402. The normalized spacial score (nSPS) is 10.2. The molecule has 22 heavy (non-hydrogen) atoms. The average molecular weight is 347 g/mol. The summed E-state index contributed by atoms with van der Waals surface area (Å²) in [4.78, 5) is 25.0. The van der Waals surface area contributed by atoms with Crippen LogP contribution in [0.2, 0.25) is 0 Å². The van der Waals surface area contributed by atoms with E-state index in [0.717, 1.165) is 0 Å². The van der Waals surface area contributed by atoms with Crippen molar-refractivity contribution in [1.29, 1.82) is 0 Å². The Labute approximate surface area is 138 Å². The molecule has 1 heterocycles. The van der Waals surface area contributed by atoms with Crippen molar-refractivity contribution in [2.45, 2.75) is 37.5 Å². The molecule has 0 bridgehead atoms. The molecule has 1 aromatic rings. The van der Waals surface area contributed by atoms with Gasteiger partial charge in [-0.25, -0.2) is 9.78 Å². The smallest absolute Gasteiger partial charge is 0.406 e. The standard InChI is InChI=1S/C11H15N3O4S2.C2H6/c1-11(2,7-18-10(15)12-3)20-19-9-5-4-8(6-13-9)14(16)17;1-2/h4-6H,7H2,1-3H3,(H,12,15);1-2H3. The Morgan fingerprint density at radius 1 is 1.45 bits per heavy atom. The Morgan fingerprint density at radius 3 is 2.55 bits per heavy atom. The lowest BCUT2D eigenvalue weighted by Crippen LogP contribution is -2.28. The number of alkyl carbamates (subject to hydrolysis) is 1. The summed E-state index contributed by atoms with van der Waals surface area (Å²) in [5.74, 6) is 0. The monoisotopic (exact) mass is 347 g/mol. The topological polar surface area (TPSA) is 94.4 Å². The van der Waals surface area contributed by atoms with E-state index in [0.29, 0.717) is 5.03 Å². The Balaban J connectivity index is 0.00000211. The summed E-state index contributed by atoms with van der Waals surface area (Å²) in [6, 6.07) is 3.00. The number of aromatic nitrogens is 1. The van der Waals surface area contributed by atoms with E-state index in [4.69, 9.17) is 4.74 Å². The van der Waals surface area contributed by atoms with Crippen molar-refractivity contribution < 1.29 is 14.5 Å². The van der Waals surface area contributed by atoms with Crippen LogP contribution in [0.4, 0.5) is 10.5 Å². The molecule has 1 rings (SSSR count). The fourth-order valence-electron chi connectivity index (χ4n) is 1.02. The zero-order valence-corrected chi connectivity index (χ0v) is 14.9. The summed E-state index contributed by atoms with van der Waals surface area (Å²) in [6.07, 6.45) is 0.744. The van der Waals surface area contributed by atoms with E-state index in [1.54, 1.807) is 6.07 Å². The van der Waals surface area contributed by atoms with Gasteiger partial charge in [0.05, 0.1) is 9.67 Å². The molecule has 1 amide bonds. The van der Waals surface area contributed by atoms with Gasteiger partial charge in [-0.05, 0) is 30.7 Å². The number of amides is 1. The molecule has 9 heteroatoms. The Kier molecular flexibility index (Phi) is 9.59.